The zero-order valence-electron chi connectivity index (χ0n) is 13.6. The summed E-state index contributed by atoms with van der Waals surface area (Å²) in [5.41, 5.74) is -0.284. The maximum Gasteiger partial charge on any atom is 0.312 e. The van der Waals surface area contributed by atoms with Crippen molar-refractivity contribution in [3.8, 4) is 6.07 Å². The zero-order chi connectivity index (χ0) is 17.2. The highest BCUT2D eigenvalue weighted by Crippen LogP contribution is 2.29. The molecule has 0 aliphatic heterocycles. The molecular weight excluding hydrogens is 298 g/mol. The van der Waals surface area contributed by atoms with Crippen LogP contribution in [-0.2, 0) is 4.79 Å². The molecule has 2 rings (SSSR count). The summed E-state index contributed by atoms with van der Waals surface area (Å²) in [6.45, 7) is 4.75. The number of hydrogen-bond acceptors (Lipinski definition) is 5. The fraction of sp³-hybridized carbons (Fsp3) is 0.667. The number of aryl methyl sites for hydroxylation is 1. The Morgan fingerprint density at radius 2 is 2.04 bits per heavy atom. The smallest absolute Gasteiger partial charge is 0.312 e. The van der Waals surface area contributed by atoms with Crippen molar-refractivity contribution in [3.05, 3.63) is 21.5 Å². The second-order valence-electron chi connectivity index (χ2n) is 6.14. The third-order valence-electron chi connectivity index (χ3n) is 4.50. The van der Waals surface area contributed by atoms with Gasteiger partial charge in [0, 0.05) is 0 Å². The fourth-order valence-electron chi connectivity index (χ4n) is 3.17. The highest BCUT2D eigenvalue weighted by atomic mass is 16.6. The number of nitrogens with zero attached hydrogens (tertiary/aromatic N) is 4. The van der Waals surface area contributed by atoms with Gasteiger partial charge in [-0.15, -0.1) is 0 Å². The highest BCUT2D eigenvalue weighted by Gasteiger charge is 2.36. The molecule has 124 valence electrons. The van der Waals surface area contributed by atoms with Crippen LogP contribution in [0.4, 0.5) is 5.69 Å². The van der Waals surface area contributed by atoms with Crippen molar-refractivity contribution in [2.75, 3.05) is 0 Å². The normalized spacial score (nSPS) is 18.0. The summed E-state index contributed by atoms with van der Waals surface area (Å²) < 4.78 is 1.36. The lowest BCUT2D eigenvalue weighted by Crippen LogP contribution is -2.50. The van der Waals surface area contributed by atoms with Gasteiger partial charge in [-0.05, 0) is 33.6 Å². The van der Waals surface area contributed by atoms with E-state index in [1.54, 1.807) is 20.8 Å². The van der Waals surface area contributed by atoms with E-state index < -0.39 is 16.5 Å². The Balaban J connectivity index is 2.22. The Morgan fingerprint density at radius 1 is 1.43 bits per heavy atom. The molecule has 8 nitrogen and oxygen atoms in total. The van der Waals surface area contributed by atoms with Gasteiger partial charge in [0.05, 0.1) is 11.0 Å². The molecule has 0 aromatic carbocycles. The van der Waals surface area contributed by atoms with Gasteiger partial charge in [0.25, 0.3) is 0 Å². The molecule has 0 spiro atoms. The maximum absolute atomic E-state index is 12.5. The van der Waals surface area contributed by atoms with Crippen LogP contribution in [0.15, 0.2) is 0 Å². The molecule has 1 N–H and O–H groups in total. The lowest BCUT2D eigenvalue weighted by Gasteiger charge is -2.32. The molecule has 1 atom stereocenters. The number of hydrogen-bond donors (Lipinski definition) is 1. The summed E-state index contributed by atoms with van der Waals surface area (Å²) in [6, 6.07) is 1.52. The van der Waals surface area contributed by atoms with E-state index in [2.05, 4.69) is 16.5 Å². The Kier molecular flexibility index (Phi) is 4.68. The topological polar surface area (TPSA) is 114 Å². The van der Waals surface area contributed by atoms with Gasteiger partial charge in [-0.1, -0.05) is 19.3 Å². The number of nitriles is 1. The molecule has 1 heterocycles. The Bertz CT molecular complexity index is 667. The molecule has 1 aliphatic rings. The van der Waals surface area contributed by atoms with Crippen molar-refractivity contribution < 1.29 is 9.72 Å². The van der Waals surface area contributed by atoms with Crippen LogP contribution < -0.4 is 5.32 Å². The molecule has 1 aliphatic carbocycles. The second-order valence-corrected chi connectivity index (χ2v) is 6.14. The van der Waals surface area contributed by atoms with Gasteiger partial charge in [-0.2, -0.15) is 10.4 Å². The molecule has 0 unspecified atom stereocenters. The van der Waals surface area contributed by atoms with Crippen LogP contribution in [0, 0.1) is 35.3 Å². The summed E-state index contributed by atoms with van der Waals surface area (Å²) in [5, 5.41) is 27.5. The quantitative estimate of drug-likeness (QED) is 0.675. The maximum atomic E-state index is 12.5. The standard InChI is InChI=1S/C15H21N5O3/c1-10-13(20(22)23)11(2)19(18-10)12(3)14(21)17-15(9-16)7-5-4-6-8-15/h12H,4-8H2,1-3H3,(H,17,21)/t12-/m1/s1. The van der Waals surface area contributed by atoms with Crippen molar-refractivity contribution in [1.82, 2.24) is 15.1 Å². The fourth-order valence-corrected chi connectivity index (χ4v) is 3.17. The molecule has 1 saturated carbocycles. The van der Waals surface area contributed by atoms with Crippen LogP contribution >= 0.6 is 0 Å². The first-order chi connectivity index (χ1) is 10.8. The third kappa shape index (κ3) is 3.18. The Labute approximate surface area is 134 Å². The van der Waals surface area contributed by atoms with Crippen molar-refractivity contribution in [2.24, 2.45) is 0 Å². The zero-order valence-corrected chi connectivity index (χ0v) is 13.6. The summed E-state index contributed by atoms with van der Waals surface area (Å²) >= 11 is 0. The van der Waals surface area contributed by atoms with E-state index in [1.165, 1.54) is 4.68 Å². The van der Waals surface area contributed by atoms with E-state index in [-0.39, 0.29) is 17.3 Å². The number of nitrogens with one attached hydrogen (secondary N) is 1. The highest BCUT2D eigenvalue weighted by molar-refractivity contribution is 5.81. The van der Waals surface area contributed by atoms with Crippen molar-refractivity contribution in [1.29, 1.82) is 5.26 Å². The van der Waals surface area contributed by atoms with E-state index in [0.717, 1.165) is 19.3 Å². The Morgan fingerprint density at radius 3 is 2.52 bits per heavy atom. The molecule has 1 amide bonds. The van der Waals surface area contributed by atoms with Gasteiger partial charge in [0.2, 0.25) is 5.91 Å². The van der Waals surface area contributed by atoms with Crippen molar-refractivity contribution in [3.63, 3.8) is 0 Å². The van der Waals surface area contributed by atoms with Crippen molar-refractivity contribution in [2.45, 2.75) is 64.5 Å². The van der Waals surface area contributed by atoms with Crippen molar-refractivity contribution >= 4 is 11.6 Å². The van der Waals surface area contributed by atoms with Crippen LogP contribution in [0.25, 0.3) is 0 Å². The lowest BCUT2D eigenvalue weighted by atomic mass is 9.82. The molecule has 23 heavy (non-hydrogen) atoms. The van der Waals surface area contributed by atoms with Gasteiger partial charge in [-0.25, -0.2) is 0 Å². The van der Waals surface area contributed by atoms with Crippen LogP contribution in [0.1, 0.15) is 56.5 Å². The van der Waals surface area contributed by atoms with E-state index in [1.807, 2.05) is 0 Å². The first-order valence-electron chi connectivity index (χ1n) is 7.75. The summed E-state index contributed by atoms with van der Waals surface area (Å²) in [6.07, 6.45) is 4.16. The summed E-state index contributed by atoms with van der Waals surface area (Å²) in [7, 11) is 0. The summed E-state index contributed by atoms with van der Waals surface area (Å²) in [5.74, 6) is -0.339. The molecular formula is C15H21N5O3. The monoisotopic (exact) mass is 319 g/mol. The van der Waals surface area contributed by atoms with Gasteiger partial charge in [-0.3, -0.25) is 19.6 Å². The molecule has 1 aromatic heterocycles. The molecule has 8 heteroatoms. The largest absolute Gasteiger partial charge is 0.336 e. The van der Waals surface area contributed by atoms with Gasteiger partial charge >= 0.3 is 5.69 Å². The number of amides is 1. The second kappa shape index (κ2) is 6.36. The molecule has 1 aromatic rings. The minimum absolute atomic E-state index is 0.0719. The van der Waals surface area contributed by atoms with Crippen LogP contribution in [-0.4, -0.2) is 26.1 Å². The van der Waals surface area contributed by atoms with E-state index in [9.17, 15) is 20.2 Å². The van der Waals surface area contributed by atoms with Crippen LogP contribution in [0.5, 0.6) is 0 Å². The van der Waals surface area contributed by atoms with Gasteiger partial charge < -0.3 is 5.32 Å². The average molecular weight is 319 g/mol. The van der Waals surface area contributed by atoms with Crippen LogP contribution in [0.2, 0.25) is 0 Å². The average Bonchev–Trinajstić information content (AvgIpc) is 2.82. The van der Waals surface area contributed by atoms with E-state index in [0.29, 0.717) is 18.5 Å². The lowest BCUT2D eigenvalue weighted by molar-refractivity contribution is -0.386. The predicted octanol–water partition coefficient (Wildman–Crippen LogP) is 2.31. The van der Waals surface area contributed by atoms with E-state index >= 15 is 0 Å². The molecule has 1 fully saturated rings. The first kappa shape index (κ1) is 16.9. The summed E-state index contributed by atoms with van der Waals surface area (Å²) in [4.78, 5) is 23.1. The molecule has 0 bridgehead atoms. The predicted molar refractivity (Wildman–Crippen MR) is 82.6 cm³/mol. The number of carbonyl (C=O) groups excluding carboxylic acids is 1. The number of rotatable bonds is 4. The Hall–Kier alpha value is -2.43. The minimum Gasteiger partial charge on any atom is -0.336 e. The van der Waals surface area contributed by atoms with Gasteiger partial charge in [0.1, 0.15) is 23.0 Å². The third-order valence-corrected chi connectivity index (χ3v) is 4.50. The van der Waals surface area contributed by atoms with Crippen LogP contribution in [0.3, 0.4) is 0 Å². The number of aromatic nitrogens is 2. The number of nitro groups is 1. The SMILES string of the molecule is Cc1nn([C@H](C)C(=O)NC2(C#N)CCCCC2)c(C)c1[N+](=O)[O-]. The molecule has 0 saturated heterocycles. The van der Waals surface area contributed by atoms with E-state index in [4.69, 9.17) is 0 Å². The first-order valence-corrected chi connectivity index (χ1v) is 7.75. The molecule has 0 radical (unpaired) electrons. The number of carbonyl (C=O) groups is 1. The van der Waals surface area contributed by atoms with Gasteiger partial charge in [0.15, 0.2) is 0 Å². The minimum atomic E-state index is -0.828.